The van der Waals surface area contributed by atoms with Crippen LogP contribution in [0.1, 0.15) is 11.1 Å². The van der Waals surface area contributed by atoms with Gasteiger partial charge in [-0.2, -0.15) is 10.2 Å². The van der Waals surface area contributed by atoms with E-state index in [2.05, 4.69) is 10.2 Å². The zero-order valence-electron chi connectivity index (χ0n) is 10.3. The third kappa shape index (κ3) is 2.29. The van der Waals surface area contributed by atoms with Gasteiger partial charge in [-0.05, 0) is 18.6 Å². The van der Waals surface area contributed by atoms with Gasteiger partial charge in [-0.25, -0.2) is 4.68 Å². The van der Waals surface area contributed by atoms with Gasteiger partial charge in [0.2, 0.25) is 0 Å². The first-order chi connectivity index (χ1) is 8.61. The van der Waals surface area contributed by atoms with E-state index < -0.39 is 0 Å². The minimum atomic E-state index is -0.0781. The normalized spacial score (nSPS) is 11.0. The van der Waals surface area contributed by atoms with Gasteiger partial charge in [0.1, 0.15) is 0 Å². The average molecular weight is 242 g/mol. The minimum Gasteiger partial charge on any atom is -0.323 e. The number of aromatic nitrogens is 2. The van der Waals surface area contributed by atoms with Crippen LogP contribution in [0.25, 0.3) is 11.3 Å². The number of benzene rings is 1. The summed E-state index contributed by atoms with van der Waals surface area (Å²) < 4.78 is 1.35. The van der Waals surface area contributed by atoms with Crippen LogP contribution in [0.2, 0.25) is 0 Å². The molecule has 2 aromatic rings. The molecule has 0 bridgehead atoms. The minimum absolute atomic E-state index is 0.0781. The van der Waals surface area contributed by atoms with E-state index in [-0.39, 0.29) is 5.56 Å². The van der Waals surface area contributed by atoms with Crippen molar-refractivity contribution in [3.63, 3.8) is 0 Å². The van der Waals surface area contributed by atoms with Crippen molar-refractivity contribution in [3.8, 4) is 11.3 Å². The molecule has 18 heavy (non-hydrogen) atoms. The third-order valence-electron chi connectivity index (χ3n) is 2.67. The summed E-state index contributed by atoms with van der Waals surface area (Å²) in [5, 5.41) is 7.69. The van der Waals surface area contributed by atoms with E-state index in [9.17, 15) is 4.79 Å². The molecule has 2 rings (SSSR count). The Morgan fingerprint density at radius 2 is 2.00 bits per heavy atom. The third-order valence-corrected chi connectivity index (χ3v) is 2.67. The average Bonchev–Trinajstić information content (AvgIpc) is 2.37. The summed E-state index contributed by atoms with van der Waals surface area (Å²) in [5.74, 6) is 5.09. The van der Waals surface area contributed by atoms with Gasteiger partial charge in [0.05, 0.1) is 11.9 Å². The largest absolute Gasteiger partial charge is 0.323 e. The van der Waals surface area contributed by atoms with Crippen molar-refractivity contribution in [2.75, 3.05) is 0 Å². The van der Waals surface area contributed by atoms with Crippen LogP contribution in [0.15, 0.2) is 40.2 Å². The summed E-state index contributed by atoms with van der Waals surface area (Å²) in [6, 6.07) is 9.42. The van der Waals surface area contributed by atoms with E-state index in [1.165, 1.54) is 4.68 Å². The Kier molecular flexibility index (Phi) is 3.23. The van der Waals surface area contributed by atoms with E-state index in [1.54, 1.807) is 26.3 Å². The molecule has 5 nitrogen and oxygen atoms in total. The number of hydrazone groups is 1. The molecule has 0 aliphatic rings. The van der Waals surface area contributed by atoms with Crippen molar-refractivity contribution < 1.29 is 0 Å². The molecule has 1 aromatic carbocycles. The summed E-state index contributed by atoms with van der Waals surface area (Å²) >= 11 is 0. The highest BCUT2D eigenvalue weighted by Crippen LogP contribution is 2.16. The van der Waals surface area contributed by atoms with Crippen LogP contribution in [0.4, 0.5) is 0 Å². The number of nitrogens with zero attached hydrogens (tertiary/aromatic N) is 3. The molecule has 0 radical (unpaired) electrons. The molecule has 0 amide bonds. The van der Waals surface area contributed by atoms with Gasteiger partial charge in [0.15, 0.2) is 0 Å². The Morgan fingerprint density at radius 1 is 1.33 bits per heavy atom. The Hall–Kier alpha value is -2.43. The van der Waals surface area contributed by atoms with E-state index in [4.69, 9.17) is 5.84 Å². The summed E-state index contributed by atoms with van der Waals surface area (Å²) in [6.45, 7) is 1.78. The highest BCUT2D eigenvalue weighted by Gasteiger charge is 2.04. The maximum atomic E-state index is 11.6. The van der Waals surface area contributed by atoms with Crippen molar-refractivity contribution in [1.82, 2.24) is 9.78 Å². The molecular weight excluding hydrogens is 228 g/mol. The van der Waals surface area contributed by atoms with E-state index in [0.29, 0.717) is 5.56 Å². The number of rotatable bonds is 2. The summed E-state index contributed by atoms with van der Waals surface area (Å²) in [7, 11) is 1.65. The lowest BCUT2D eigenvalue weighted by atomic mass is 10.1. The van der Waals surface area contributed by atoms with Crippen molar-refractivity contribution in [2.24, 2.45) is 18.0 Å². The fourth-order valence-corrected chi connectivity index (χ4v) is 1.72. The van der Waals surface area contributed by atoms with Gasteiger partial charge in [0, 0.05) is 18.2 Å². The van der Waals surface area contributed by atoms with E-state index in [0.717, 1.165) is 16.8 Å². The van der Waals surface area contributed by atoms with Gasteiger partial charge in [-0.3, -0.25) is 4.79 Å². The van der Waals surface area contributed by atoms with Gasteiger partial charge in [-0.1, -0.05) is 24.3 Å². The molecule has 1 aromatic heterocycles. The molecule has 5 heteroatoms. The lowest BCUT2D eigenvalue weighted by Crippen LogP contribution is -2.21. The zero-order valence-corrected chi connectivity index (χ0v) is 10.3. The van der Waals surface area contributed by atoms with Crippen LogP contribution < -0.4 is 11.4 Å². The zero-order chi connectivity index (χ0) is 13.1. The molecule has 0 atom stereocenters. The second-order valence-corrected chi connectivity index (χ2v) is 4.04. The second-order valence-electron chi connectivity index (χ2n) is 4.04. The lowest BCUT2D eigenvalue weighted by Gasteiger charge is -2.05. The Bertz CT molecular complexity index is 615. The molecule has 0 aliphatic carbocycles. The number of aryl methyl sites for hydroxylation is 2. The Labute approximate surface area is 105 Å². The smallest absolute Gasteiger partial charge is 0.269 e. The molecule has 0 spiro atoms. The van der Waals surface area contributed by atoms with Crippen molar-refractivity contribution in [1.29, 1.82) is 0 Å². The van der Waals surface area contributed by atoms with E-state index >= 15 is 0 Å². The summed E-state index contributed by atoms with van der Waals surface area (Å²) in [4.78, 5) is 11.6. The van der Waals surface area contributed by atoms with Crippen LogP contribution in [0.5, 0.6) is 0 Å². The molecule has 1 heterocycles. The van der Waals surface area contributed by atoms with Gasteiger partial charge < -0.3 is 5.84 Å². The van der Waals surface area contributed by atoms with Crippen molar-refractivity contribution >= 4 is 6.21 Å². The highest BCUT2D eigenvalue weighted by atomic mass is 16.1. The van der Waals surface area contributed by atoms with Crippen molar-refractivity contribution in [3.05, 3.63) is 51.8 Å². The van der Waals surface area contributed by atoms with Crippen LogP contribution in [0.3, 0.4) is 0 Å². The summed E-state index contributed by atoms with van der Waals surface area (Å²) in [5.41, 5.74) is 3.23. The van der Waals surface area contributed by atoms with Crippen LogP contribution in [0, 0.1) is 6.92 Å². The molecule has 0 unspecified atom stereocenters. The topological polar surface area (TPSA) is 73.3 Å². The van der Waals surface area contributed by atoms with Gasteiger partial charge in [-0.15, -0.1) is 0 Å². The molecule has 2 N–H and O–H groups in total. The first-order valence-corrected chi connectivity index (χ1v) is 5.50. The maximum Gasteiger partial charge on any atom is 0.269 e. The molecule has 0 saturated heterocycles. The molecule has 92 valence electrons. The fourth-order valence-electron chi connectivity index (χ4n) is 1.72. The second kappa shape index (κ2) is 4.83. The maximum absolute atomic E-state index is 11.6. The quantitative estimate of drug-likeness (QED) is 0.486. The molecule has 0 aliphatic heterocycles. The SMILES string of the molecule is Cc1cc(-c2ccc(C=NN)cc2)nn(C)c1=O. The molecule has 0 saturated carbocycles. The lowest BCUT2D eigenvalue weighted by molar-refractivity contribution is 0.705. The number of hydrogen-bond donors (Lipinski definition) is 1. The Morgan fingerprint density at radius 3 is 2.56 bits per heavy atom. The monoisotopic (exact) mass is 242 g/mol. The predicted octanol–water partition coefficient (Wildman–Crippen LogP) is 1.05. The molecular formula is C13H14N4O. The van der Waals surface area contributed by atoms with Gasteiger partial charge >= 0.3 is 0 Å². The predicted molar refractivity (Wildman–Crippen MR) is 71.4 cm³/mol. The van der Waals surface area contributed by atoms with Crippen LogP contribution >= 0.6 is 0 Å². The van der Waals surface area contributed by atoms with Crippen LogP contribution in [-0.2, 0) is 7.05 Å². The van der Waals surface area contributed by atoms with Crippen LogP contribution in [-0.4, -0.2) is 16.0 Å². The first-order valence-electron chi connectivity index (χ1n) is 5.50. The fraction of sp³-hybridized carbons (Fsp3) is 0.154. The summed E-state index contributed by atoms with van der Waals surface area (Å²) in [6.07, 6.45) is 1.57. The number of hydrogen-bond acceptors (Lipinski definition) is 4. The van der Waals surface area contributed by atoms with Crippen molar-refractivity contribution in [2.45, 2.75) is 6.92 Å². The molecule has 0 fully saturated rings. The standard InChI is InChI=1S/C13H14N4O/c1-9-7-12(16-17(2)13(9)18)11-5-3-10(4-6-11)8-15-14/h3-8H,14H2,1-2H3. The first kappa shape index (κ1) is 12.0. The van der Waals surface area contributed by atoms with E-state index in [1.807, 2.05) is 24.3 Å². The Balaban J connectivity index is 2.46. The van der Waals surface area contributed by atoms with Gasteiger partial charge in [0.25, 0.3) is 5.56 Å². The number of nitrogens with two attached hydrogens (primary N) is 1. The highest BCUT2D eigenvalue weighted by molar-refractivity contribution is 5.80.